The van der Waals surface area contributed by atoms with E-state index in [4.69, 9.17) is 4.74 Å². The van der Waals surface area contributed by atoms with Gasteiger partial charge in [0.25, 0.3) is 11.8 Å². The van der Waals surface area contributed by atoms with E-state index in [-0.39, 0.29) is 18.3 Å². The van der Waals surface area contributed by atoms with Crippen molar-refractivity contribution >= 4 is 39.6 Å². The first kappa shape index (κ1) is 22.2. The second kappa shape index (κ2) is 10.5. The number of halogens is 2. The van der Waals surface area contributed by atoms with Crippen molar-refractivity contribution in [1.29, 1.82) is 0 Å². The summed E-state index contributed by atoms with van der Waals surface area (Å²) in [6.07, 6.45) is 1.43. The molecule has 2 amide bonds. The van der Waals surface area contributed by atoms with Crippen LogP contribution in [0.25, 0.3) is 0 Å². The molecule has 0 saturated heterocycles. The molecule has 2 N–H and O–H groups in total. The molecule has 0 aliphatic rings. The van der Waals surface area contributed by atoms with E-state index in [9.17, 15) is 14.0 Å². The summed E-state index contributed by atoms with van der Waals surface area (Å²) >= 11 is 3.38. The highest BCUT2D eigenvalue weighted by atomic mass is 79.9. The lowest BCUT2D eigenvalue weighted by molar-refractivity contribution is -0.118. The maximum absolute atomic E-state index is 13.0. The topological polar surface area (TPSA) is 79.8 Å². The van der Waals surface area contributed by atoms with Crippen LogP contribution in [0.1, 0.15) is 21.5 Å². The van der Waals surface area contributed by atoms with Crippen molar-refractivity contribution in [3.05, 3.63) is 93.7 Å². The van der Waals surface area contributed by atoms with Crippen molar-refractivity contribution in [3.63, 3.8) is 0 Å². The standard InChI is InChI=1S/C23H19BrFN3O3/c1-15-2-4-16(5-3-15)23(30)28-26-13-17-12-18(24)6-11-21(17)31-14-22(29)27-20-9-7-19(25)8-10-20/h2-13H,14H2,1H3,(H,27,29)(H,28,30). The number of hydrogen-bond donors (Lipinski definition) is 2. The molecule has 6 nitrogen and oxygen atoms in total. The van der Waals surface area contributed by atoms with E-state index in [0.717, 1.165) is 10.0 Å². The van der Waals surface area contributed by atoms with E-state index >= 15 is 0 Å². The Morgan fingerprint density at radius 1 is 1.06 bits per heavy atom. The monoisotopic (exact) mass is 483 g/mol. The molecule has 3 aromatic carbocycles. The molecule has 8 heteroatoms. The molecule has 0 atom stereocenters. The first-order valence-electron chi connectivity index (χ1n) is 9.28. The molecule has 0 bridgehead atoms. The minimum Gasteiger partial charge on any atom is -0.483 e. The number of hydrogen-bond acceptors (Lipinski definition) is 4. The number of ether oxygens (including phenoxy) is 1. The van der Waals surface area contributed by atoms with E-state index in [0.29, 0.717) is 22.6 Å². The summed E-state index contributed by atoms with van der Waals surface area (Å²) in [4.78, 5) is 24.3. The zero-order chi connectivity index (χ0) is 22.2. The molecule has 3 aromatic rings. The van der Waals surface area contributed by atoms with Gasteiger partial charge >= 0.3 is 0 Å². The Morgan fingerprint density at radius 3 is 2.48 bits per heavy atom. The molecule has 0 spiro atoms. The fourth-order valence-electron chi connectivity index (χ4n) is 2.56. The second-order valence-electron chi connectivity index (χ2n) is 6.59. The molecule has 158 valence electrons. The minimum absolute atomic E-state index is 0.254. The van der Waals surface area contributed by atoms with Crippen molar-refractivity contribution in [3.8, 4) is 5.75 Å². The predicted octanol–water partition coefficient (Wildman–Crippen LogP) is 4.68. The minimum atomic E-state index is -0.398. The lowest BCUT2D eigenvalue weighted by Crippen LogP contribution is -2.20. The average Bonchev–Trinajstić information content (AvgIpc) is 2.75. The number of amides is 2. The van der Waals surface area contributed by atoms with Crippen molar-refractivity contribution in [2.45, 2.75) is 6.92 Å². The van der Waals surface area contributed by atoms with Crippen LogP contribution in [0.2, 0.25) is 0 Å². The Labute approximate surface area is 187 Å². The molecular formula is C23H19BrFN3O3. The van der Waals surface area contributed by atoms with Gasteiger partial charge in [0.05, 0.1) is 6.21 Å². The van der Waals surface area contributed by atoms with Crippen molar-refractivity contribution in [1.82, 2.24) is 5.43 Å². The number of benzene rings is 3. The normalized spacial score (nSPS) is 10.7. The van der Waals surface area contributed by atoms with Gasteiger partial charge in [-0.1, -0.05) is 33.6 Å². The number of rotatable bonds is 7. The number of nitrogens with zero attached hydrogens (tertiary/aromatic N) is 1. The van der Waals surface area contributed by atoms with Gasteiger partial charge in [-0.25, -0.2) is 9.82 Å². The zero-order valence-corrected chi connectivity index (χ0v) is 18.1. The van der Waals surface area contributed by atoms with Gasteiger partial charge in [0.1, 0.15) is 11.6 Å². The van der Waals surface area contributed by atoms with E-state index in [1.54, 1.807) is 30.3 Å². The number of nitrogens with one attached hydrogen (secondary N) is 2. The molecule has 0 radical (unpaired) electrons. The first-order valence-corrected chi connectivity index (χ1v) is 10.1. The van der Waals surface area contributed by atoms with Crippen LogP contribution in [0.15, 0.2) is 76.3 Å². The molecular weight excluding hydrogens is 465 g/mol. The van der Waals surface area contributed by atoms with Crippen LogP contribution >= 0.6 is 15.9 Å². The Morgan fingerprint density at radius 2 is 1.77 bits per heavy atom. The third-order valence-electron chi connectivity index (χ3n) is 4.14. The van der Waals surface area contributed by atoms with Gasteiger partial charge in [0, 0.05) is 21.3 Å². The average molecular weight is 484 g/mol. The Bertz CT molecular complexity index is 1100. The highest BCUT2D eigenvalue weighted by Crippen LogP contribution is 2.22. The molecule has 3 rings (SSSR count). The van der Waals surface area contributed by atoms with E-state index in [1.165, 1.54) is 30.5 Å². The van der Waals surface area contributed by atoms with Crippen molar-refractivity contribution in [2.75, 3.05) is 11.9 Å². The van der Waals surface area contributed by atoms with Crippen LogP contribution in [-0.4, -0.2) is 24.6 Å². The van der Waals surface area contributed by atoms with Crippen LogP contribution in [0, 0.1) is 12.7 Å². The summed E-state index contributed by atoms with van der Waals surface area (Å²) in [5, 5.41) is 6.60. The molecule has 0 fully saturated rings. The Kier molecular flexibility index (Phi) is 7.50. The maximum atomic E-state index is 13.0. The van der Waals surface area contributed by atoms with Crippen LogP contribution < -0.4 is 15.5 Å². The smallest absolute Gasteiger partial charge is 0.271 e. The summed E-state index contributed by atoms with van der Waals surface area (Å²) in [5.74, 6) is -0.717. The third kappa shape index (κ3) is 6.75. The summed E-state index contributed by atoms with van der Waals surface area (Å²) in [5.41, 5.74) is 5.04. The highest BCUT2D eigenvalue weighted by Gasteiger charge is 2.08. The number of carbonyl (C=O) groups excluding carboxylic acids is 2. The van der Waals surface area contributed by atoms with Gasteiger partial charge in [-0.05, 0) is 61.5 Å². The van der Waals surface area contributed by atoms with Gasteiger partial charge in [-0.2, -0.15) is 5.10 Å². The summed E-state index contributed by atoms with van der Waals surface area (Å²) in [7, 11) is 0. The first-order chi connectivity index (χ1) is 14.9. The van der Waals surface area contributed by atoms with Crippen molar-refractivity contribution in [2.24, 2.45) is 5.10 Å². The van der Waals surface area contributed by atoms with Gasteiger partial charge < -0.3 is 10.1 Å². The SMILES string of the molecule is Cc1ccc(C(=O)NN=Cc2cc(Br)ccc2OCC(=O)Nc2ccc(F)cc2)cc1. The summed E-state index contributed by atoms with van der Waals surface area (Å²) in [6, 6.07) is 17.7. The zero-order valence-electron chi connectivity index (χ0n) is 16.6. The van der Waals surface area contributed by atoms with Gasteiger partial charge in [-0.3, -0.25) is 9.59 Å². The van der Waals surface area contributed by atoms with E-state index in [1.807, 2.05) is 19.1 Å². The number of carbonyl (C=O) groups is 2. The molecule has 0 heterocycles. The quantitative estimate of drug-likeness (QED) is 0.378. The maximum Gasteiger partial charge on any atom is 0.271 e. The lowest BCUT2D eigenvalue weighted by atomic mass is 10.1. The summed E-state index contributed by atoms with van der Waals surface area (Å²) < 4.78 is 19.3. The van der Waals surface area contributed by atoms with Gasteiger partial charge in [-0.15, -0.1) is 0 Å². The molecule has 0 aliphatic carbocycles. The van der Waals surface area contributed by atoms with E-state index < -0.39 is 5.91 Å². The van der Waals surface area contributed by atoms with Crippen LogP contribution in [-0.2, 0) is 4.79 Å². The molecule has 0 aliphatic heterocycles. The Balaban J connectivity index is 1.61. The highest BCUT2D eigenvalue weighted by molar-refractivity contribution is 9.10. The molecule has 0 aromatic heterocycles. The fraction of sp³-hybridized carbons (Fsp3) is 0.0870. The molecule has 0 saturated carbocycles. The molecule has 0 unspecified atom stereocenters. The van der Waals surface area contributed by atoms with Crippen LogP contribution in [0.5, 0.6) is 5.75 Å². The number of aryl methyl sites for hydroxylation is 1. The lowest BCUT2D eigenvalue weighted by Gasteiger charge is -2.10. The number of hydrazone groups is 1. The number of anilines is 1. The third-order valence-corrected chi connectivity index (χ3v) is 4.64. The van der Waals surface area contributed by atoms with Gasteiger partial charge in [0.2, 0.25) is 0 Å². The predicted molar refractivity (Wildman–Crippen MR) is 121 cm³/mol. The summed E-state index contributed by atoms with van der Waals surface area (Å²) in [6.45, 7) is 1.68. The van der Waals surface area contributed by atoms with E-state index in [2.05, 4.69) is 31.8 Å². The molecule has 31 heavy (non-hydrogen) atoms. The largest absolute Gasteiger partial charge is 0.483 e. The second-order valence-corrected chi connectivity index (χ2v) is 7.51. The van der Waals surface area contributed by atoms with Crippen LogP contribution in [0.3, 0.4) is 0 Å². The Hall–Kier alpha value is -3.52. The fourth-order valence-corrected chi connectivity index (χ4v) is 2.93. The van der Waals surface area contributed by atoms with Crippen LogP contribution in [0.4, 0.5) is 10.1 Å². The van der Waals surface area contributed by atoms with Crippen molar-refractivity contribution < 1.29 is 18.7 Å². The van der Waals surface area contributed by atoms with Gasteiger partial charge in [0.15, 0.2) is 6.61 Å².